The second-order valence-corrected chi connectivity index (χ2v) is 7.99. The number of hydrogen-bond acceptors (Lipinski definition) is 4. The smallest absolute Gasteiger partial charge is 0.407 e. The highest BCUT2D eigenvalue weighted by Crippen LogP contribution is 2.47. The van der Waals surface area contributed by atoms with Crippen molar-refractivity contribution in [3.8, 4) is 0 Å². The van der Waals surface area contributed by atoms with Crippen molar-refractivity contribution in [3.63, 3.8) is 0 Å². The van der Waals surface area contributed by atoms with E-state index >= 15 is 0 Å². The minimum absolute atomic E-state index is 0.273. The lowest BCUT2D eigenvalue weighted by molar-refractivity contribution is 0.0514. The molecule has 0 saturated heterocycles. The van der Waals surface area contributed by atoms with Crippen molar-refractivity contribution in [2.75, 3.05) is 26.2 Å². The lowest BCUT2D eigenvalue weighted by Crippen LogP contribution is -2.40. The zero-order valence-corrected chi connectivity index (χ0v) is 14.9. The van der Waals surface area contributed by atoms with Crippen LogP contribution in [0.5, 0.6) is 0 Å². The Labute approximate surface area is 135 Å². The van der Waals surface area contributed by atoms with Crippen LogP contribution in [-0.2, 0) is 4.74 Å². The first-order valence-corrected chi connectivity index (χ1v) is 8.46. The van der Waals surface area contributed by atoms with Crippen molar-refractivity contribution in [3.05, 3.63) is 0 Å². The van der Waals surface area contributed by atoms with Gasteiger partial charge in [-0.3, -0.25) is 0 Å². The van der Waals surface area contributed by atoms with E-state index in [4.69, 9.17) is 9.84 Å². The Bertz CT molecular complexity index is 346. The van der Waals surface area contributed by atoms with E-state index in [1.807, 2.05) is 20.8 Å². The van der Waals surface area contributed by atoms with Gasteiger partial charge in [0.15, 0.2) is 0 Å². The first kappa shape index (κ1) is 19.2. The quantitative estimate of drug-likeness (QED) is 0.611. The number of carbonyl (C=O) groups is 1. The average molecular weight is 314 g/mol. The molecule has 3 N–H and O–H groups in total. The van der Waals surface area contributed by atoms with Crippen LogP contribution >= 0.6 is 0 Å². The number of alkyl carbamates (subject to hydrolysis) is 1. The van der Waals surface area contributed by atoms with Crippen molar-refractivity contribution >= 4 is 6.09 Å². The van der Waals surface area contributed by atoms with Crippen molar-refractivity contribution in [2.45, 2.75) is 59.5 Å². The Kier molecular flexibility index (Phi) is 7.13. The molecule has 1 saturated carbocycles. The fourth-order valence-corrected chi connectivity index (χ4v) is 2.52. The molecule has 0 aliphatic heterocycles. The third-order valence-electron chi connectivity index (χ3n) is 4.36. The van der Waals surface area contributed by atoms with E-state index in [0.29, 0.717) is 23.8 Å². The summed E-state index contributed by atoms with van der Waals surface area (Å²) in [6.45, 7) is 12.7. The van der Waals surface area contributed by atoms with Crippen molar-refractivity contribution < 1.29 is 14.6 Å². The molecule has 0 radical (unpaired) electrons. The van der Waals surface area contributed by atoms with E-state index in [-0.39, 0.29) is 12.7 Å². The number of carbonyl (C=O) groups excluding carboxylic acids is 1. The molecule has 1 unspecified atom stereocenters. The number of nitrogens with one attached hydrogen (secondary N) is 2. The van der Waals surface area contributed by atoms with Gasteiger partial charge >= 0.3 is 6.09 Å². The van der Waals surface area contributed by atoms with E-state index in [0.717, 1.165) is 19.5 Å². The maximum Gasteiger partial charge on any atom is 0.407 e. The Morgan fingerprint density at radius 1 is 1.27 bits per heavy atom. The van der Waals surface area contributed by atoms with Crippen LogP contribution in [0.3, 0.4) is 0 Å². The van der Waals surface area contributed by atoms with Gasteiger partial charge in [0, 0.05) is 19.7 Å². The summed E-state index contributed by atoms with van der Waals surface area (Å²) in [5.41, 5.74) is -0.132. The summed E-state index contributed by atoms with van der Waals surface area (Å²) in [5.74, 6) is 0.855. The Morgan fingerprint density at radius 2 is 1.91 bits per heavy atom. The fourth-order valence-electron chi connectivity index (χ4n) is 2.52. The minimum atomic E-state index is -0.460. The number of amides is 1. The molecule has 5 heteroatoms. The summed E-state index contributed by atoms with van der Waals surface area (Å²) in [6.07, 6.45) is 2.96. The summed E-state index contributed by atoms with van der Waals surface area (Å²) in [5, 5.41) is 15.5. The summed E-state index contributed by atoms with van der Waals surface area (Å²) in [4.78, 5) is 11.7. The second kappa shape index (κ2) is 8.16. The number of ether oxygens (including phenoxy) is 1. The zero-order valence-electron chi connectivity index (χ0n) is 14.9. The van der Waals surface area contributed by atoms with Gasteiger partial charge in [0.2, 0.25) is 0 Å². The molecule has 1 amide bonds. The minimum Gasteiger partial charge on any atom is -0.444 e. The normalized spacial score (nSPS) is 18.1. The van der Waals surface area contributed by atoms with Gasteiger partial charge < -0.3 is 20.5 Å². The molecule has 0 heterocycles. The van der Waals surface area contributed by atoms with Gasteiger partial charge in [-0.2, -0.15) is 0 Å². The van der Waals surface area contributed by atoms with Gasteiger partial charge in [0.25, 0.3) is 0 Å². The van der Waals surface area contributed by atoms with Gasteiger partial charge in [0.1, 0.15) is 5.60 Å². The molecule has 1 fully saturated rings. The summed E-state index contributed by atoms with van der Waals surface area (Å²) < 4.78 is 5.27. The largest absolute Gasteiger partial charge is 0.444 e. The highest BCUT2D eigenvalue weighted by atomic mass is 16.6. The molecule has 1 aliphatic rings. The topological polar surface area (TPSA) is 70.6 Å². The van der Waals surface area contributed by atoms with Gasteiger partial charge in [-0.1, -0.05) is 13.8 Å². The molecule has 1 rings (SSSR count). The summed E-state index contributed by atoms with van der Waals surface area (Å²) in [7, 11) is 0. The van der Waals surface area contributed by atoms with E-state index < -0.39 is 5.60 Å². The van der Waals surface area contributed by atoms with Gasteiger partial charge in [-0.25, -0.2) is 4.79 Å². The van der Waals surface area contributed by atoms with Crippen LogP contribution in [0.1, 0.15) is 53.9 Å². The molecule has 1 atom stereocenters. The molecule has 22 heavy (non-hydrogen) atoms. The Morgan fingerprint density at radius 3 is 2.36 bits per heavy atom. The Balaban J connectivity index is 2.29. The monoisotopic (exact) mass is 314 g/mol. The first-order valence-electron chi connectivity index (χ1n) is 8.46. The van der Waals surface area contributed by atoms with Crippen LogP contribution in [-0.4, -0.2) is 43.0 Å². The molecule has 130 valence electrons. The second-order valence-electron chi connectivity index (χ2n) is 7.99. The van der Waals surface area contributed by atoms with Crippen LogP contribution in [0.25, 0.3) is 0 Å². The Hall–Kier alpha value is -0.810. The highest BCUT2D eigenvalue weighted by molar-refractivity contribution is 5.67. The molecule has 0 aromatic heterocycles. The zero-order chi connectivity index (χ0) is 16.8. The third-order valence-corrected chi connectivity index (χ3v) is 4.36. The van der Waals surface area contributed by atoms with Crippen molar-refractivity contribution in [1.82, 2.24) is 10.6 Å². The average Bonchev–Trinajstić information content (AvgIpc) is 3.11. The number of hydrogen-bond donors (Lipinski definition) is 3. The highest BCUT2D eigenvalue weighted by Gasteiger charge is 2.41. The van der Waals surface area contributed by atoms with Gasteiger partial charge in [-0.05, 0) is 63.8 Å². The molecule has 0 bridgehead atoms. The molecule has 0 aromatic carbocycles. The fraction of sp³-hybridized carbons (Fsp3) is 0.941. The number of rotatable bonds is 9. The van der Waals surface area contributed by atoms with Crippen LogP contribution in [0.4, 0.5) is 4.79 Å². The summed E-state index contributed by atoms with van der Waals surface area (Å²) >= 11 is 0. The lowest BCUT2D eigenvalue weighted by atomic mass is 9.95. The molecular weight excluding hydrogens is 280 g/mol. The molecule has 0 spiro atoms. The molecular formula is C17H34N2O3. The first-order chi connectivity index (χ1) is 10.2. The van der Waals surface area contributed by atoms with Crippen molar-refractivity contribution in [2.24, 2.45) is 17.3 Å². The van der Waals surface area contributed by atoms with E-state index in [1.54, 1.807) is 0 Å². The molecule has 0 aromatic rings. The lowest BCUT2D eigenvalue weighted by Gasteiger charge is -2.25. The maximum absolute atomic E-state index is 11.7. The van der Waals surface area contributed by atoms with Crippen LogP contribution in [0.2, 0.25) is 0 Å². The van der Waals surface area contributed by atoms with Crippen molar-refractivity contribution in [1.29, 1.82) is 0 Å². The molecule has 5 nitrogen and oxygen atoms in total. The predicted octanol–water partition coefficient (Wildman–Crippen LogP) is 2.54. The predicted molar refractivity (Wildman–Crippen MR) is 88.8 cm³/mol. The third kappa shape index (κ3) is 7.45. The number of aliphatic hydroxyl groups excluding tert-OH is 1. The van der Waals surface area contributed by atoms with E-state index in [9.17, 15) is 4.79 Å². The van der Waals surface area contributed by atoms with Crippen LogP contribution in [0, 0.1) is 17.3 Å². The van der Waals surface area contributed by atoms with Gasteiger partial charge in [-0.15, -0.1) is 0 Å². The maximum atomic E-state index is 11.7. The molecule has 1 aliphatic carbocycles. The SMILES string of the molecule is CC(C)C(CNCC1(CCO)CC1)CNC(=O)OC(C)(C)C. The van der Waals surface area contributed by atoms with Gasteiger partial charge in [0.05, 0.1) is 0 Å². The van der Waals surface area contributed by atoms with E-state index in [2.05, 4.69) is 24.5 Å². The standard InChI is InChI=1S/C17H34N2O3/c1-13(2)14(11-19-15(21)22-16(3,4)5)10-18-12-17(6-7-17)8-9-20/h13-14,18,20H,6-12H2,1-5H3,(H,19,21). The van der Waals surface area contributed by atoms with E-state index in [1.165, 1.54) is 12.8 Å². The number of aliphatic hydroxyl groups is 1. The van der Waals surface area contributed by atoms with Crippen LogP contribution < -0.4 is 10.6 Å². The summed E-state index contributed by atoms with van der Waals surface area (Å²) in [6, 6.07) is 0. The van der Waals surface area contributed by atoms with Crippen LogP contribution in [0.15, 0.2) is 0 Å².